The molecule has 5 heteroatoms. The van der Waals surface area contributed by atoms with Crippen molar-refractivity contribution < 1.29 is 14.3 Å². The molecule has 0 N–H and O–H groups in total. The molecule has 0 aliphatic carbocycles. The van der Waals surface area contributed by atoms with Crippen molar-refractivity contribution >= 4 is 23.2 Å². The van der Waals surface area contributed by atoms with Crippen molar-refractivity contribution in [2.24, 2.45) is 0 Å². The predicted octanol–water partition coefficient (Wildman–Crippen LogP) is 1.80. The zero-order chi connectivity index (χ0) is 11.8. The molecule has 0 bridgehead atoms. The second-order valence-electron chi connectivity index (χ2n) is 4.13. The average Bonchev–Trinajstić information content (AvgIpc) is 2.68. The number of benzene rings is 1. The van der Waals surface area contributed by atoms with E-state index in [-0.39, 0.29) is 11.3 Å². The third kappa shape index (κ3) is 1.93. The van der Waals surface area contributed by atoms with Gasteiger partial charge in [0.25, 0.3) is 0 Å². The molecule has 3 rings (SSSR count). The Morgan fingerprint density at radius 3 is 2.71 bits per heavy atom. The summed E-state index contributed by atoms with van der Waals surface area (Å²) in [6, 6.07) is 5.53. The van der Waals surface area contributed by atoms with Crippen LogP contribution in [0.5, 0.6) is 11.5 Å². The summed E-state index contributed by atoms with van der Waals surface area (Å²) in [4.78, 5) is 13.4. The summed E-state index contributed by atoms with van der Waals surface area (Å²) in [5.41, 5.74) is 0.822. The first-order valence-corrected chi connectivity index (χ1v) is 6.02. The molecule has 90 valence electrons. The summed E-state index contributed by atoms with van der Waals surface area (Å²) in [5, 5.41) is -0.101. The van der Waals surface area contributed by atoms with Gasteiger partial charge >= 0.3 is 0 Å². The topological polar surface area (TPSA) is 38.8 Å². The molecular weight excluding hydrogens is 242 g/mol. The number of halogens is 1. The highest BCUT2D eigenvalue weighted by Crippen LogP contribution is 2.35. The predicted molar refractivity (Wildman–Crippen MR) is 64.0 cm³/mol. The number of amides is 1. The molecule has 4 nitrogen and oxygen atoms in total. The van der Waals surface area contributed by atoms with E-state index in [4.69, 9.17) is 21.1 Å². The van der Waals surface area contributed by atoms with Gasteiger partial charge in [-0.05, 0) is 12.1 Å². The van der Waals surface area contributed by atoms with Crippen LogP contribution in [0.25, 0.3) is 0 Å². The van der Waals surface area contributed by atoms with Crippen LogP contribution in [-0.2, 0) is 4.79 Å². The fourth-order valence-electron chi connectivity index (χ4n) is 2.11. The number of alkyl halides is 1. The van der Waals surface area contributed by atoms with E-state index in [0.29, 0.717) is 31.9 Å². The molecule has 0 spiro atoms. The third-order valence-corrected chi connectivity index (χ3v) is 3.21. The van der Waals surface area contributed by atoms with Gasteiger partial charge in [0, 0.05) is 24.7 Å². The molecule has 0 radical (unpaired) electrons. The van der Waals surface area contributed by atoms with Gasteiger partial charge in [-0.15, -0.1) is 11.6 Å². The molecule has 2 aliphatic heterocycles. The summed E-state index contributed by atoms with van der Waals surface area (Å²) in [5.74, 6) is 1.48. The Morgan fingerprint density at radius 2 is 2.00 bits per heavy atom. The summed E-state index contributed by atoms with van der Waals surface area (Å²) < 4.78 is 10.9. The maximum Gasteiger partial charge on any atom is 0.228 e. The second-order valence-corrected chi connectivity index (χ2v) is 4.75. The van der Waals surface area contributed by atoms with E-state index in [1.54, 1.807) is 4.90 Å². The van der Waals surface area contributed by atoms with Crippen LogP contribution in [0.2, 0.25) is 0 Å². The van der Waals surface area contributed by atoms with Crippen LogP contribution in [0.1, 0.15) is 6.42 Å². The highest BCUT2D eigenvalue weighted by Gasteiger charge is 2.29. The molecule has 0 saturated carbocycles. The van der Waals surface area contributed by atoms with E-state index in [1.807, 2.05) is 18.2 Å². The van der Waals surface area contributed by atoms with Crippen molar-refractivity contribution in [3.63, 3.8) is 0 Å². The van der Waals surface area contributed by atoms with Crippen LogP contribution in [0.4, 0.5) is 5.69 Å². The lowest BCUT2D eigenvalue weighted by molar-refractivity contribution is -0.117. The van der Waals surface area contributed by atoms with Gasteiger partial charge in [0.05, 0.1) is 5.38 Å². The first kappa shape index (κ1) is 10.7. The molecule has 1 aromatic carbocycles. The molecule has 1 unspecified atom stereocenters. The molecule has 1 fully saturated rings. The van der Waals surface area contributed by atoms with Crippen molar-refractivity contribution in [2.75, 3.05) is 24.7 Å². The van der Waals surface area contributed by atoms with Crippen molar-refractivity contribution in [1.29, 1.82) is 0 Å². The largest absolute Gasteiger partial charge is 0.486 e. The second kappa shape index (κ2) is 4.11. The third-order valence-electron chi connectivity index (χ3n) is 2.92. The Bertz CT molecular complexity index is 463. The minimum absolute atomic E-state index is 0.0571. The molecule has 2 heterocycles. The van der Waals surface area contributed by atoms with Crippen LogP contribution in [0.15, 0.2) is 18.2 Å². The first-order chi connectivity index (χ1) is 8.24. The minimum Gasteiger partial charge on any atom is -0.486 e. The normalized spacial score (nSPS) is 23.0. The number of ether oxygens (including phenoxy) is 2. The fourth-order valence-corrected chi connectivity index (χ4v) is 2.38. The number of hydrogen-bond acceptors (Lipinski definition) is 3. The van der Waals surface area contributed by atoms with Crippen LogP contribution in [0.3, 0.4) is 0 Å². The molecule has 1 aromatic rings. The van der Waals surface area contributed by atoms with Crippen molar-refractivity contribution in [2.45, 2.75) is 11.8 Å². The molecular formula is C12H12ClNO3. The van der Waals surface area contributed by atoms with Gasteiger partial charge in [0.15, 0.2) is 11.5 Å². The number of fused-ring (bicyclic) bond motifs is 1. The van der Waals surface area contributed by atoms with Crippen LogP contribution >= 0.6 is 11.6 Å². The van der Waals surface area contributed by atoms with Crippen LogP contribution in [0, 0.1) is 0 Å². The Labute approximate surface area is 104 Å². The molecule has 0 aromatic heterocycles. The average molecular weight is 254 g/mol. The highest BCUT2D eigenvalue weighted by molar-refractivity contribution is 6.24. The number of hydrogen-bond donors (Lipinski definition) is 0. The number of carbonyl (C=O) groups is 1. The molecule has 2 aliphatic rings. The highest BCUT2D eigenvalue weighted by atomic mass is 35.5. The van der Waals surface area contributed by atoms with E-state index in [9.17, 15) is 4.79 Å². The van der Waals surface area contributed by atoms with E-state index in [1.165, 1.54) is 0 Å². The van der Waals surface area contributed by atoms with Crippen LogP contribution in [-0.4, -0.2) is 31.0 Å². The van der Waals surface area contributed by atoms with Gasteiger partial charge < -0.3 is 14.4 Å². The van der Waals surface area contributed by atoms with Gasteiger partial charge in [-0.25, -0.2) is 0 Å². The molecule has 1 amide bonds. The Hall–Kier alpha value is -1.42. The monoisotopic (exact) mass is 253 g/mol. The zero-order valence-electron chi connectivity index (χ0n) is 9.19. The zero-order valence-corrected chi connectivity index (χ0v) is 9.94. The summed E-state index contributed by atoms with van der Waals surface area (Å²) in [6.45, 7) is 1.67. The SMILES string of the molecule is O=C1CC(Cl)CN1c1ccc2c(c1)OCCO2. The number of nitrogens with zero attached hydrogens (tertiary/aromatic N) is 1. The van der Waals surface area contributed by atoms with E-state index in [0.717, 1.165) is 11.4 Å². The lowest BCUT2D eigenvalue weighted by Gasteiger charge is -2.22. The van der Waals surface area contributed by atoms with Gasteiger partial charge in [-0.1, -0.05) is 0 Å². The standard InChI is InChI=1S/C12H12ClNO3/c13-8-5-12(15)14(7-8)9-1-2-10-11(6-9)17-4-3-16-10/h1-2,6,8H,3-5,7H2. The van der Waals surface area contributed by atoms with Gasteiger partial charge in [-0.2, -0.15) is 0 Å². The van der Waals surface area contributed by atoms with E-state index >= 15 is 0 Å². The van der Waals surface area contributed by atoms with Crippen molar-refractivity contribution in [1.82, 2.24) is 0 Å². The van der Waals surface area contributed by atoms with E-state index in [2.05, 4.69) is 0 Å². The Balaban J connectivity index is 1.91. The minimum atomic E-state index is -0.101. The maximum absolute atomic E-state index is 11.7. The molecule has 17 heavy (non-hydrogen) atoms. The quantitative estimate of drug-likeness (QED) is 0.717. The lowest BCUT2D eigenvalue weighted by atomic mass is 10.2. The smallest absolute Gasteiger partial charge is 0.228 e. The van der Waals surface area contributed by atoms with E-state index < -0.39 is 0 Å². The first-order valence-electron chi connectivity index (χ1n) is 5.58. The number of rotatable bonds is 1. The van der Waals surface area contributed by atoms with Gasteiger partial charge in [0.2, 0.25) is 5.91 Å². The summed E-state index contributed by atoms with van der Waals surface area (Å²) in [6.07, 6.45) is 0.399. The van der Waals surface area contributed by atoms with Gasteiger partial charge in [0.1, 0.15) is 13.2 Å². The van der Waals surface area contributed by atoms with Crippen molar-refractivity contribution in [3.8, 4) is 11.5 Å². The molecule has 1 atom stereocenters. The Kier molecular flexibility index (Phi) is 2.59. The number of carbonyl (C=O) groups excluding carboxylic acids is 1. The summed E-state index contributed by atoms with van der Waals surface area (Å²) in [7, 11) is 0. The summed E-state index contributed by atoms with van der Waals surface area (Å²) >= 11 is 5.98. The Morgan fingerprint density at radius 1 is 1.24 bits per heavy atom. The number of anilines is 1. The lowest BCUT2D eigenvalue weighted by Crippen LogP contribution is -2.25. The van der Waals surface area contributed by atoms with Crippen LogP contribution < -0.4 is 14.4 Å². The maximum atomic E-state index is 11.7. The van der Waals surface area contributed by atoms with Crippen molar-refractivity contribution in [3.05, 3.63) is 18.2 Å². The van der Waals surface area contributed by atoms with Gasteiger partial charge in [-0.3, -0.25) is 4.79 Å². The fraction of sp³-hybridized carbons (Fsp3) is 0.417. The molecule has 1 saturated heterocycles.